The summed E-state index contributed by atoms with van der Waals surface area (Å²) in [7, 11) is 1.81. The van der Waals surface area contributed by atoms with Gasteiger partial charge in [-0.3, -0.25) is 4.68 Å². The third-order valence-corrected chi connectivity index (χ3v) is 2.41. The van der Waals surface area contributed by atoms with E-state index in [0.717, 1.165) is 11.4 Å². The van der Waals surface area contributed by atoms with Crippen molar-refractivity contribution in [2.45, 2.75) is 20.0 Å². The second kappa shape index (κ2) is 5.81. The highest BCUT2D eigenvalue weighted by molar-refractivity contribution is 5.85. The van der Waals surface area contributed by atoms with Crippen LogP contribution in [-0.4, -0.2) is 19.6 Å². The molecule has 2 rings (SSSR count). The van der Waals surface area contributed by atoms with Crippen molar-refractivity contribution in [2.24, 2.45) is 7.05 Å². The van der Waals surface area contributed by atoms with Gasteiger partial charge in [0.25, 0.3) is 0 Å². The molecular formula is C10H14ClF2N5. The number of anilines is 1. The molecule has 0 fully saturated rings. The van der Waals surface area contributed by atoms with Crippen LogP contribution in [0.2, 0.25) is 0 Å². The van der Waals surface area contributed by atoms with Gasteiger partial charge in [-0.05, 0) is 13.0 Å². The van der Waals surface area contributed by atoms with Gasteiger partial charge in [0.15, 0.2) is 0 Å². The van der Waals surface area contributed by atoms with Crippen molar-refractivity contribution < 1.29 is 8.78 Å². The van der Waals surface area contributed by atoms with E-state index in [-0.39, 0.29) is 19.0 Å². The monoisotopic (exact) mass is 277 g/mol. The molecule has 0 aromatic carbocycles. The molecule has 1 N–H and O–H groups in total. The van der Waals surface area contributed by atoms with E-state index >= 15 is 0 Å². The molecule has 2 aromatic heterocycles. The molecule has 5 nitrogen and oxygen atoms in total. The Bertz CT molecular complexity index is 508. The number of hydrogen-bond acceptors (Lipinski definition) is 3. The third-order valence-electron chi connectivity index (χ3n) is 2.41. The molecule has 0 aliphatic heterocycles. The molecule has 0 saturated carbocycles. The van der Waals surface area contributed by atoms with Crippen molar-refractivity contribution in [3.8, 4) is 0 Å². The fourth-order valence-electron chi connectivity index (χ4n) is 1.62. The Morgan fingerprint density at radius 1 is 1.44 bits per heavy atom. The fourth-order valence-corrected chi connectivity index (χ4v) is 1.62. The van der Waals surface area contributed by atoms with Crippen LogP contribution in [0.5, 0.6) is 0 Å². The summed E-state index contributed by atoms with van der Waals surface area (Å²) in [5.74, 6) is 0. The topological polar surface area (TPSA) is 47.7 Å². The number of halogens is 3. The average molecular weight is 278 g/mol. The van der Waals surface area contributed by atoms with Crippen molar-refractivity contribution in [2.75, 3.05) is 5.32 Å². The zero-order chi connectivity index (χ0) is 12.4. The normalized spacial score (nSPS) is 10.5. The van der Waals surface area contributed by atoms with Crippen LogP contribution in [0.25, 0.3) is 0 Å². The van der Waals surface area contributed by atoms with Gasteiger partial charge < -0.3 is 5.32 Å². The first-order chi connectivity index (χ1) is 8.08. The lowest BCUT2D eigenvalue weighted by atomic mass is 10.3. The van der Waals surface area contributed by atoms with E-state index in [1.165, 1.54) is 6.20 Å². The Labute approximate surface area is 109 Å². The summed E-state index contributed by atoms with van der Waals surface area (Å²) in [6.07, 6.45) is 3.16. The second-order valence-corrected chi connectivity index (χ2v) is 3.70. The van der Waals surface area contributed by atoms with E-state index in [9.17, 15) is 8.78 Å². The SMILES string of the molecule is Cc1nn(C)cc1NCc1ccnn1C(F)F.Cl. The van der Waals surface area contributed by atoms with Crippen LogP contribution in [-0.2, 0) is 13.6 Å². The maximum Gasteiger partial charge on any atom is 0.333 e. The molecule has 18 heavy (non-hydrogen) atoms. The van der Waals surface area contributed by atoms with Crippen molar-refractivity contribution in [1.82, 2.24) is 19.6 Å². The molecular weight excluding hydrogens is 264 g/mol. The van der Waals surface area contributed by atoms with Gasteiger partial charge in [0.05, 0.1) is 23.6 Å². The Morgan fingerprint density at radius 3 is 2.72 bits per heavy atom. The molecule has 0 aliphatic carbocycles. The van der Waals surface area contributed by atoms with Gasteiger partial charge in [-0.25, -0.2) is 4.68 Å². The Hall–Kier alpha value is -1.63. The minimum atomic E-state index is -2.61. The highest BCUT2D eigenvalue weighted by atomic mass is 35.5. The molecule has 0 unspecified atom stereocenters. The molecule has 100 valence electrons. The van der Waals surface area contributed by atoms with E-state index in [2.05, 4.69) is 15.5 Å². The summed E-state index contributed by atoms with van der Waals surface area (Å²) in [6, 6.07) is 1.56. The van der Waals surface area contributed by atoms with E-state index in [1.54, 1.807) is 16.9 Å². The van der Waals surface area contributed by atoms with E-state index < -0.39 is 6.55 Å². The third kappa shape index (κ3) is 2.98. The lowest BCUT2D eigenvalue weighted by Gasteiger charge is -2.07. The maximum absolute atomic E-state index is 12.5. The van der Waals surface area contributed by atoms with Gasteiger partial charge in [-0.1, -0.05) is 0 Å². The maximum atomic E-state index is 12.5. The number of rotatable bonds is 4. The molecule has 0 saturated heterocycles. The summed E-state index contributed by atoms with van der Waals surface area (Å²) in [4.78, 5) is 0. The summed E-state index contributed by atoms with van der Waals surface area (Å²) < 4.78 is 27.4. The Morgan fingerprint density at radius 2 is 2.17 bits per heavy atom. The van der Waals surface area contributed by atoms with Crippen molar-refractivity contribution in [1.29, 1.82) is 0 Å². The standard InChI is InChI=1S/C10H13F2N5.ClH/c1-7-9(6-16(2)15-7)13-5-8-3-4-14-17(8)10(11)12;/h3-4,6,10,13H,5H2,1-2H3;1H. The molecule has 2 aromatic rings. The first-order valence-corrected chi connectivity index (χ1v) is 5.12. The minimum Gasteiger partial charge on any atom is -0.377 e. The van der Waals surface area contributed by atoms with E-state index in [4.69, 9.17) is 0 Å². The number of nitrogens with zero attached hydrogens (tertiary/aromatic N) is 4. The van der Waals surface area contributed by atoms with E-state index in [0.29, 0.717) is 10.4 Å². The molecule has 8 heteroatoms. The zero-order valence-electron chi connectivity index (χ0n) is 9.97. The van der Waals surface area contributed by atoms with Gasteiger partial charge in [0.2, 0.25) is 0 Å². The molecule has 0 aliphatic rings. The summed E-state index contributed by atoms with van der Waals surface area (Å²) in [5, 5.41) is 10.8. The molecule has 0 amide bonds. The lowest BCUT2D eigenvalue weighted by molar-refractivity contribution is 0.0537. The highest BCUT2D eigenvalue weighted by Crippen LogP contribution is 2.16. The number of hydrogen-bond donors (Lipinski definition) is 1. The molecule has 0 bridgehead atoms. The Kier molecular flexibility index (Phi) is 4.66. The van der Waals surface area contributed by atoms with Crippen LogP contribution in [0, 0.1) is 6.92 Å². The quantitative estimate of drug-likeness (QED) is 0.933. The fraction of sp³-hybridized carbons (Fsp3) is 0.400. The van der Waals surface area contributed by atoms with Crippen LogP contribution in [0.1, 0.15) is 17.9 Å². The van der Waals surface area contributed by atoms with Gasteiger partial charge in [-0.15, -0.1) is 12.4 Å². The van der Waals surface area contributed by atoms with Crippen LogP contribution in [0.15, 0.2) is 18.5 Å². The largest absolute Gasteiger partial charge is 0.377 e. The minimum absolute atomic E-state index is 0. The number of aromatic nitrogens is 4. The second-order valence-electron chi connectivity index (χ2n) is 3.70. The van der Waals surface area contributed by atoms with Gasteiger partial charge in [0.1, 0.15) is 0 Å². The summed E-state index contributed by atoms with van der Waals surface area (Å²) >= 11 is 0. The number of nitrogens with one attached hydrogen (secondary N) is 1. The zero-order valence-corrected chi connectivity index (χ0v) is 10.8. The predicted molar refractivity (Wildman–Crippen MR) is 66.0 cm³/mol. The molecule has 2 heterocycles. The summed E-state index contributed by atoms with van der Waals surface area (Å²) in [6.45, 7) is -0.472. The molecule has 0 atom stereocenters. The molecule has 0 spiro atoms. The summed E-state index contributed by atoms with van der Waals surface area (Å²) in [5.41, 5.74) is 2.09. The molecule has 0 radical (unpaired) electrons. The van der Waals surface area contributed by atoms with Crippen molar-refractivity contribution >= 4 is 18.1 Å². The predicted octanol–water partition coefficient (Wildman–Crippen LogP) is 2.35. The number of aryl methyl sites for hydroxylation is 2. The van der Waals surface area contributed by atoms with Gasteiger partial charge in [0, 0.05) is 19.4 Å². The van der Waals surface area contributed by atoms with Crippen LogP contribution < -0.4 is 5.32 Å². The van der Waals surface area contributed by atoms with Crippen LogP contribution in [0.4, 0.5) is 14.5 Å². The highest BCUT2D eigenvalue weighted by Gasteiger charge is 2.11. The van der Waals surface area contributed by atoms with Crippen LogP contribution in [0.3, 0.4) is 0 Å². The average Bonchev–Trinajstić information content (AvgIpc) is 2.82. The van der Waals surface area contributed by atoms with E-state index in [1.807, 2.05) is 14.0 Å². The lowest BCUT2D eigenvalue weighted by Crippen LogP contribution is -2.09. The smallest absolute Gasteiger partial charge is 0.333 e. The number of alkyl halides is 2. The first kappa shape index (κ1) is 14.4. The van der Waals surface area contributed by atoms with Crippen molar-refractivity contribution in [3.63, 3.8) is 0 Å². The van der Waals surface area contributed by atoms with Gasteiger partial charge >= 0.3 is 6.55 Å². The Balaban J connectivity index is 0.00000162. The van der Waals surface area contributed by atoms with Gasteiger partial charge in [-0.2, -0.15) is 19.0 Å². The van der Waals surface area contributed by atoms with Crippen molar-refractivity contribution in [3.05, 3.63) is 29.8 Å². The van der Waals surface area contributed by atoms with Crippen LogP contribution >= 0.6 is 12.4 Å². The first-order valence-electron chi connectivity index (χ1n) is 5.12.